The lowest BCUT2D eigenvalue weighted by atomic mass is 9.98. The molecule has 0 aliphatic heterocycles. The number of aromatic carboxylic acids is 1. The van der Waals surface area contributed by atoms with Gasteiger partial charge in [-0.1, -0.05) is 12.1 Å². The van der Waals surface area contributed by atoms with Gasteiger partial charge in [-0.2, -0.15) is 0 Å². The predicted molar refractivity (Wildman–Crippen MR) is 93.6 cm³/mol. The van der Waals surface area contributed by atoms with Crippen LogP contribution in [0, 0.1) is 0 Å². The topological polar surface area (TPSA) is 104 Å². The summed E-state index contributed by atoms with van der Waals surface area (Å²) in [5, 5.41) is 28.1. The number of aromatic hydroxyl groups is 2. The van der Waals surface area contributed by atoms with Gasteiger partial charge in [0, 0.05) is 0 Å². The van der Waals surface area contributed by atoms with E-state index >= 15 is 0 Å². The monoisotopic (exact) mass is 350 g/mol. The summed E-state index contributed by atoms with van der Waals surface area (Å²) in [7, 11) is 0. The van der Waals surface area contributed by atoms with Crippen molar-refractivity contribution in [2.24, 2.45) is 0 Å². The zero-order chi connectivity index (χ0) is 18.7. The first kappa shape index (κ1) is 17.0. The molecular weight excluding hydrogens is 336 g/mol. The Morgan fingerprint density at radius 3 is 2.00 bits per heavy atom. The van der Waals surface area contributed by atoms with Gasteiger partial charge in [0.1, 0.15) is 17.2 Å². The summed E-state index contributed by atoms with van der Waals surface area (Å²) in [5.41, 5.74) is 1.21. The normalized spacial score (nSPS) is 10.3. The van der Waals surface area contributed by atoms with Crippen LogP contribution >= 0.6 is 0 Å². The van der Waals surface area contributed by atoms with E-state index in [0.29, 0.717) is 11.1 Å². The van der Waals surface area contributed by atoms with Gasteiger partial charge in [0.25, 0.3) is 0 Å². The number of carbonyl (C=O) groups is 2. The van der Waals surface area contributed by atoms with Gasteiger partial charge in [0.05, 0.1) is 11.1 Å². The molecule has 6 heteroatoms. The fraction of sp³-hybridized carbons (Fsp3) is 0. The molecule has 0 saturated carbocycles. The second-order valence-electron chi connectivity index (χ2n) is 5.50. The van der Waals surface area contributed by atoms with E-state index in [4.69, 9.17) is 4.74 Å². The summed E-state index contributed by atoms with van der Waals surface area (Å²) in [4.78, 5) is 23.5. The van der Waals surface area contributed by atoms with E-state index in [-0.39, 0.29) is 28.4 Å². The second-order valence-corrected chi connectivity index (χ2v) is 5.50. The van der Waals surface area contributed by atoms with E-state index < -0.39 is 11.9 Å². The molecule has 0 heterocycles. The van der Waals surface area contributed by atoms with Crippen LogP contribution in [0.3, 0.4) is 0 Å². The van der Waals surface area contributed by atoms with Gasteiger partial charge in [0.2, 0.25) is 0 Å². The zero-order valence-corrected chi connectivity index (χ0v) is 13.4. The molecule has 130 valence electrons. The molecule has 0 spiro atoms. The van der Waals surface area contributed by atoms with Gasteiger partial charge < -0.3 is 20.1 Å². The van der Waals surface area contributed by atoms with Crippen LogP contribution in [0.1, 0.15) is 20.7 Å². The molecular formula is C20H14O6. The Morgan fingerprint density at radius 2 is 1.38 bits per heavy atom. The fourth-order valence-corrected chi connectivity index (χ4v) is 2.42. The predicted octanol–water partition coefficient (Wildman–Crippen LogP) is 3.68. The Hall–Kier alpha value is -3.80. The average molecular weight is 350 g/mol. The van der Waals surface area contributed by atoms with Gasteiger partial charge in [0.15, 0.2) is 0 Å². The Bertz CT molecular complexity index is 959. The maximum atomic E-state index is 12.2. The van der Waals surface area contributed by atoms with Crippen LogP contribution in [0.25, 0.3) is 11.1 Å². The first-order chi connectivity index (χ1) is 12.4. The van der Waals surface area contributed by atoms with Crippen molar-refractivity contribution in [2.75, 3.05) is 0 Å². The minimum atomic E-state index is -1.11. The van der Waals surface area contributed by atoms with Gasteiger partial charge in [-0.3, -0.25) is 0 Å². The maximum absolute atomic E-state index is 12.2. The van der Waals surface area contributed by atoms with E-state index in [9.17, 15) is 24.9 Å². The third-order valence-corrected chi connectivity index (χ3v) is 3.71. The van der Waals surface area contributed by atoms with Crippen LogP contribution in [0.5, 0.6) is 17.2 Å². The fourth-order valence-electron chi connectivity index (χ4n) is 2.42. The summed E-state index contributed by atoms with van der Waals surface area (Å²) in [6.45, 7) is 0. The van der Waals surface area contributed by atoms with Crippen LogP contribution < -0.4 is 4.74 Å². The van der Waals surface area contributed by atoms with Crippen molar-refractivity contribution < 1.29 is 29.6 Å². The molecule has 0 aromatic heterocycles. The number of hydrogen-bond donors (Lipinski definition) is 3. The molecule has 0 aliphatic rings. The van der Waals surface area contributed by atoms with Crippen molar-refractivity contribution in [1.29, 1.82) is 0 Å². The minimum Gasteiger partial charge on any atom is -0.508 e. The van der Waals surface area contributed by atoms with Gasteiger partial charge in [-0.15, -0.1) is 0 Å². The molecule has 3 aromatic carbocycles. The number of carbonyl (C=O) groups excluding carboxylic acids is 1. The molecule has 0 radical (unpaired) electrons. The van der Waals surface area contributed by atoms with Crippen molar-refractivity contribution in [3.05, 3.63) is 77.9 Å². The minimum absolute atomic E-state index is 0.0437. The highest BCUT2D eigenvalue weighted by molar-refractivity contribution is 5.97. The quantitative estimate of drug-likeness (QED) is 0.490. The summed E-state index contributed by atoms with van der Waals surface area (Å²) >= 11 is 0. The standard InChI is InChI=1S/C20H14O6/c21-14-5-8-16(9-6-14)26-20(25)13-3-1-12(2-4-13)18-11-15(22)7-10-17(18)19(23)24/h1-11,21-22H,(H,23,24). The molecule has 6 nitrogen and oxygen atoms in total. The summed E-state index contributed by atoms with van der Waals surface area (Å²) in [6, 6.07) is 15.9. The number of esters is 1. The molecule has 3 aromatic rings. The molecule has 0 fully saturated rings. The van der Waals surface area contributed by atoms with Crippen LogP contribution in [-0.2, 0) is 0 Å². The molecule has 0 aliphatic carbocycles. The van der Waals surface area contributed by atoms with Crippen molar-refractivity contribution >= 4 is 11.9 Å². The Balaban J connectivity index is 1.85. The van der Waals surface area contributed by atoms with Gasteiger partial charge >= 0.3 is 11.9 Å². The number of ether oxygens (including phenoxy) is 1. The maximum Gasteiger partial charge on any atom is 0.343 e. The van der Waals surface area contributed by atoms with E-state index in [2.05, 4.69) is 0 Å². The van der Waals surface area contributed by atoms with E-state index in [0.717, 1.165) is 0 Å². The highest BCUT2D eigenvalue weighted by Crippen LogP contribution is 2.28. The third-order valence-electron chi connectivity index (χ3n) is 3.71. The van der Waals surface area contributed by atoms with Gasteiger partial charge in [-0.25, -0.2) is 9.59 Å². The number of carboxylic acids is 1. The number of rotatable bonds is 4. The van der Waals surface area contributed by atoms with Crippen LogP contribution in [-0.4, -0.2) is 27.3 Å². The molecule has 26 heavy (non-hydrogen) atoms. The second kappa shape index (κ2) is 6.98. The first-order valence-corrected chi connectivity index (χ1v) is 7.62. The summed E-state index contributed by atoms with van der Waals surface area (Å²) < 4.78 is 5.20. The Morgan fingerprint density at radius 1 is 0.769 bits per heavy atom. The highest BCUT2D eigenvalue weighted by Gasteiger charge is 2.14. The first-order valence-electron chi connectivity index (χ1n) is 7.62. The molecule has 0 saturated heterocycles. The number of benzene rings is 3. The van der Waals surface area contributed by atoms with E-state index in [1.54, 1.807) is 12.1 Å². The van der Waals surface area contributed by atoms with Crippen molar-refractivity contribution in [1.82, 2.24) is 0 Å². The number of carboxylic acid groups (broad SMARTS) is 1. The van der Waals surface area contributed by atoms with Crippen LogP contribution in [0.4, 0.5) is 0 Å². The Kier molecular flexibility index (Phi) is 4.57. The summed E-state index contributed by atoms with van der Waals surface area (Å²) in [5.74, 6) is -1.40. The number of hydrogen-bond acceptors (Lipinski definition) is 5. The zero-order valence-electron chi connectivity index (χ0n) is 13.4. The smallest absolute Gasteiger partial charge is 0.343 e. The molecule has 0 atom stereocenters. The van der Waals surface area contributed by atoms with Crippen molar-refractivity contribution in [3.8, 4) is 28.4 Å². The van der Waals surface area contributed by atoms with E-state index in [1.165, 1.54) is 54.6 Å². The molecule has 0 unspecified atom stereocenters. The Labute approximate surface area is 148 Å². The lowest BCUT2D eigenvalue weighted by molar-refractivity contribution is 0.0695. The molecule has 0 amide bonds. The summed E-state index contributed by atoms with van der Waals surface area (Å²) in [6.07, 6.45) is 0. The SMILES string of the molecule is O=C(Oc1ccc(O)cc1)c1ccc(-c2cc(O)ccc2C(=O)O)cc1. The molecule has 0 bridgehead atoms. The number of phenolic OH excluding ortho intramolecular Hbond substituents is 2. The van der Waals surface area contributed by atoms with Crippen molar-refractivity contribution in [3.63, 3.8) is 0 Å². The number of phenols is 2. The molecule has 3 N–H and O–H groups in total. The highest BCUT2D eigenvalue weighted by atomic mass is 16.5. The lowest BCUT2D eigenvalue weighted by Crippen LogP contribution is -2.08. The van der Waals surface area contributed by atoms with Gasteiger partial charge in [-0.05, 0) is 65.7 Å². The largest absolute Gasteiger partial charge is 0.508 e. The van der Waals surface area contributed by atoms with Crippen molar-refractivity contribution in [2.45, 2.75) is 0 Å². The molecule has 3 rings (SSSR count). The van der Waals surface area contributed by atoms with E-state index in [1.807, 2.05) is 0 Å². The average Bonchev–Trinajstić information content (AvgIpc) is 2.63. The third kappa shape index (κ3) is 3.64. The van der Waals surface area contributed by atoms with Crippen LogP contribution in [0.15, 0.2) is 66.7 Å². The lowest BCUT2D eigenvalue weighted by Gasteiger charge is -2.09. The van der Waals surface area contributed by atoms with Crippen LogP contribution in [0.2, 0.25) is 0 Å².